The summed E-state index contributed by atoms with van der Waals surface area (Å²) in [7, 11) is 3.35. The van der Waals surface area contributed by atoms with Crippen LogP contribution in [-0.2, 0) is 0 Å². The van der Waals surface area contributed by atoms with Crippen LogP contribution >= 0.6 is 0 Å². The molecule has 0 spiro atoms. The molecule has 118 valence electrons. The average Bonchev–Trinajstić information content (AvgIpc) is 2.92. The van der Waals surface area contributed by atoms with Gasteiger partial charge in [0.15, 0.2) is 0 Å². The van der Waals surface area contributed by atoms with E-state index in [1.165, 1.54) is 32.1 Å². The minimum atomic E-state index is 0.334. The standard InChI is InChI=1S/C15H27N5O/c1-11(2)9-15(7-5-6-8-15)10-17-13-18-12(16-3)19-14(20-13)21-4/h11H,5-10H2,1-4H3,(H2,16,17,18,19,20). The number of ether oxygens (including phenoxy) is 1. The Kier molecular flexibility index (Phi) is 5.20. The Labute approximate surface area is 127 Å². The number of aromatic nitrogens is 3. The minimum absolute atomic E-state index is 0.334. The minimum Gasteiger partial charge on any atom is -0.467 e. The summed E-state index contributed by atoms with van der Waals surface area (Å²) in [6.07, 6.45) is 6.49. The van der Waals surface area contributed by atoms with Gasteiger partial charge in [0.25, 0.3) is 0 Å². The molecule has 2 rings (SSSR count). The van der Waals surface area contributed by atoms with Crippen LogP contribution in [0.2, 0.25) is 0 Å². The number of methoxy groups -OCH3 is 1. The maximum absolute atomic E-state index is 5.12. The van der Waals surface area contributed by atoms with E-state index in [9.17, 15) is 0 Å². The van der Waals surface area contributed by atoms with Gasteiger partial charge in [-0.25, -0.2) is 0 Å². The zero-order chi connectivity index (χ0) is 15.3. The molecule has 2 N–H and O–H groups in total. The van der Waals surface area contributed by atoms with Crippen molar-refractivity contribution in [1.82, 2.24) is 15.0 Å². The molecule has 6 heteroatoms. The quantitative estimate of drug-likeness (QED) is 0.805. The molecule has 6 nitrogen and oxygen atoms in total. The lowest BCUT2D eigenvalue weighted by atomic mass is 9.78. The Morgan fingerprint density at radius 2 is 1.81 bits per heavy atom. The summed E-state index contributed by atoms with van der Waals surface area (Å²) < 4.78 is 5.12. The molecular formula is C15H27N5O. The lowest BCUT2D eigenvalue weighted by Gasteiger charge is -2.31. The van der Waals surface area contributed by atoms with E-state index >= 15 is 0 Å². The van der Waals surface area contributed by atoms with Gasteiger partial charge in [-0.15, -0.1) is 0 Å². The number of hydrogen-bond acceptors (Lipinski definition) is 6. The third kappa shape index (κ3) is 4.19. The first kappa shape index (κ1) is 15.8. The predicted molar refractivity (Wildman–Crippen MR) is 84.8 cm³/mol. The van der Waals surface area contributed by atoms with E-state index in [-0.39, 0.29) is 0 Å². The smallest absolute Gasteiger partial charge is 0.322 e. The van der Waals surface area contributed by atoms with Crippen molar-refractivity contribution >= 4 is 11.9 Å². The van der Waals surface area contributed by atoms with Gasteiger partial charge in [0.05, 0.1) is 7.11 Å². The zero-order valence-electron chi connectivity index (χ0n) is 13.6. The van der Waals surface area contributed by atoms with Crippen molar-refractivity contribution in [2.45, 2.75) is 46.0 Å². The molecule has 1 fully saturated rings. The third-order valence-corrected chi connectivity index (χ3v) is 4.15. The molecule has 0 amide bonds. The number of nitrogens with zero attached hydrogens (tertiary/aromatic N) is 3. The van der Waals surface area contributed by atoms with Crippen molar-refractivity contribution in [2.75, 3.05) is 31.3 Å². The molecule has 1 aromatic heterocycles. The summed E-state index contributed by atoms with van der Waals surface area (Å²) in [5, 5.41) is 6.33. The Balaban J connectivity index is 2.06. The van der Waals surface area contributed by atoms with Crippen molar-refractivity contribution in [2.24, 2.45) is 11.3 Å². The molecule has 0 aliphatic heterocycles. The fourth-order valence-corrected chi connectivity index (χ4v) is 3.35. The molecule has 1 aromatic rings. The fraction of sp³-hybridized carbons (Fsp3) is 0.800. The first-order chi connectivity index (χ1) is 10.1. The van der Waals surface area contributed by atoms with Crippen molar-refractivity contribution < 1.29 is 4.74 Å². The Morgan fingerprint density at radius 3 is 2.38 bits per heavy atom. The monoisotopic (exact) mass is 293 g/mol. The lowest BCUT2D eigenvalue weighted by Crippen LogP contribution is -2.29. The number of rotatable bonds is 7. The maximum Gasteiger partial charge on any atom is 0.322 e. The Hall–Kier alpha value is -1.59. The molecular weight excluding hydrogens is 266 g/mol. The topological polar surface area (TPSA) is 72.0 Å². The van der Waals surface area contributed by atoms with Gasteiger partial charge in [0, 0.05) is 13.6 Å². The second kappa shape index (κ2) is 6.91. The molecule has 0 bridgehead atoms. The predicted octanol–water partition coefficient (Wildman–Crippen LogP) is 2.94. The van der Waals surface area contributed by atoms with E-state index in [0.717, 1.165) is 6.54 Å². The van der Waals surface area contributed by atoms with Gasteiger partial charge in [-0.3, -0.25) is 0 Å². The third-order valence-electron chi connectivity index (χ3n) is 4.15. The van der Waals surface area contributed by atoms with Crippen LogP contribution in [0.5, 0.6) is 6.01 Å². The van der Waals surface area contributed by atoms with Crippen LogP contribution in [0.15, 0.2) is 0 Å². The molecule has 21 heavy (non-hydrogen) atoms. The van der Waals surface area contributed by atoms with Crippen LogP contribution in [0.3, 0.4) is 0 Å². The van der Waals surface area contributed by atoms with E-state index < -0.39 is 0 Å². The molecule has 0 saturated heterocycles. The average molecular weight is 293 g/mol. The molecule has 0 atom stereocenters. The highest BCUT2D eigenvalue weighted by molar-refractivity contribution is 5.35. The van der Waals surface area contributed by atoms with Crippen LogP contribution in [-0.4, -0.2) is 35.7 Å². The van der Waals surface area contributed by atoms with Gasteiger partial charge in [0.1, 0.15) is 0 Å². The van der Waals surface area contributed by atoms with E-state index in [0.29, 0.717) is 29.2 Å². The van der Waals surface area contributed by atoms with Gasteiger partial charge < -0.3 is 15.4 Å². The highest BCUT2D eigenvalue weighted by Gasteiger charge is 2.34. The zero-order valence-corrected chi connectivity index (χ0v) is 13.6. The fourth-order valence-electron chi connectivity index (χ4n) is 3.35. The Bertz CT molecular complexity index is 435. The number of nitrogens with one attached hydrogen (secondary N) is 2. The summed E-state index contributed by atoms with van der Waals surface area (Å²) in [6, 6.07) is 0.334. The SMILES string of the molecule is CNc1nc(NCC2(CC(C)C)CCCC2)nc(OC)n1. The summed E-state index contributed by atoms with van der Waals surface area (Å²) in [6.45, 7) is 5.51. The van der Waals surface area contributed by atoms with Gasteiger partial charge in [-0.1, -0.05) is 26.7 Å². The van der Waals surface area contributed by atoms with Gasteiger partial charge in [-0.05, 0) is 30.6 Å². The molecule has 1 heterocycles. The van der Waals surface area contributed by atoms with Gasteiger partial charge in [-0.2, -0.15) is 15.0 Å². The molecule has 0 unspecified atom stereocenters. The number of anilines is 2. The second-order valence-electron chi connectivity index (χ2n) is 6.38. The highest BCUT2D eigenvalue weighted by atomic mass is 16.5. The van der Waals surface area contributed by atoms with Crippen LogP contribution in [0.4, 0.5) is 11.9 Å². The summed E-state index contributed by atoms with van der Waals surface area (Å²) in [5.41, 5.74) is 0.383. The van der Waals surface area contributed by atoms with Crippen LogP contribution in [0.25, 0.3) is 0 Å². The largest absolute Gasteiger partial charge is 0.467 e. The van der Waals surface area contributed by atoms with Crippen molar-refractivity contribution in [3.8, 4) is 6.01 Å². The second-order valence-corrected chi connectivity index (χ2v) is 6.38. The lowest BCUT2D eigenvalue weighted by molar-refractivity contribution is 0.252. The first-order valence-corrected chi connectivity index (χ1v) is 7.78. The van der Waals surface area contributed by atoms with Crippen molar-refractivity contribution in [3.05, 3.63) is 0 Å². The summed E-state index contributed by atoms with van der Waals surface area (Å²) >= 11 is 0. The van der Waals surface area contributed by atoms with Crippen LogP contribution in [0.1, 0.15) is 46.0 Å². The Morgan fingerprint density at radius 1 is 1.14 bits per heavy atom. The highest BCUT2D eigenvalue weighted by Crippen LogP contribution is 2.43. The molecule has 1 saturated carbocycles. The maximum atomic E-state index is 5.12. The van der Waals surface area contributed by atoms with Crippen molar-refractivity contribution in [1.29, 1.82) is 0 Å². The number of hydrogen-bond donors (Lipinski definition) is 2. The van der Waals surface area contributed by atoms with E-state index in [1.54, 1.807) is 14.2 Å². The first-order valence-electron chi connectivity index (χ1n) is 7.78. The molecule has 0 aromatic carbocycles. The normalized spacial score (nSPS) is 17.0. The molecule has 1 aliphatic carbocycles. The summed E-state index contributed by atoms with van der Waals surface area (Å²) in [5.74, 6) is 1.82. The van der Waals surface area contributed by atoms with Gasteiger partial charge in [0.2, 0.25) is 11.9 Å². The molecule has 0 radical (unpaired) electrons. The van der Waals surface area contributed by atoms with E-state index in [4.69, 9.17) is 4.74 Å². The van der Waals surface area contributed by atoms with Crippen molar-refractivity contribution in [3.63, 3.8) is 0 Å². The molecule has 1 aliphatic rings. The summed E-state index contributed by atoms with van der Waals surface area (Å²) in [4.78, 5) is 12.7. The van der Waals surface area contributed by atoms with Crippen LogP contribution in [0, 0.1) is 11.3 Å². The van der Waals surface area contributed by atoms with Crippen LogP contribution < -0.4 is 15.4 Å². The van der Waals surface area contributed by atoms with Gasteiger partial charge >= 0.3 is 6.01 Å². The van der Waals surface area contributed by atoms with E-state index in [1.807, 2.05) is 0 Å². The van der Waals surface area contributed by atoms with E-state index in [2.05, 4.69) is 39.4 Å².